The molecule has 0 heterocycles. The predicted octanol–water partition coefficient (Wildman–Crippen LogP) is 4.40. The number of aliphatic hydroxyl groups is 1. The highest BCUT2D eigenvalue weighted by Gasteiger charge is 1.95. The molecule has 104 valence electrons. The SMILES string of the molecule is C#C[C@@H](C)CCCCC.C#C[C@@H](O)CCCCC. The van der Waals surface area contributed by atoms with Crippen LogP contribution in [0.15, 0.2) is 0 Å². The van der Waals surface area contributed by atoms with Gasteiger partial charge in [0.05, 0.1) is 0 Å². The van der Waals surface area contributed by atoms with Gasteiger partial charge in [0.2, 0.25) is 0 Å². The van der Waals surface area contributed by atoms with Crippen LogP contribution in [-0.4, -0.2) is 11.2 Å². The summed E-state index contributed by atoms with van der Waals surface area (Å²) in [4.78, 5) is 0. The van der Waals surface area contributed by atoms with E-state index in [1.54, 1.807) is 0 Å². The van der Waals surface area contributed by atoms with Crippen LogP contribution >= 0.6 is 0 Å². The molecule has 0 radical (unpaired) electrons. The molecule has 0 bridgehead atoms. The van der Waals surface area contributed by atoms with Gasteiger partial charge >= 0.3 is 0 Å². The van der Waals surface area contributed by atoms with Crippen molar-refractivity contribution in [3.8, 4) is 24.7 Å². The van der Waals surface area contributed by atoms with Crippen molar-refractivity contribution >= 4 is 0 Å². The van der Waals surface area contributed by atoms with Crippen LogP contribution in [0.4, 0.5) is 0 Å². The molecular weight excluding hydrogens is 220 g/mol. The van der Waals surface area contributed by atoms with Gasteiger partial charge in [0.1, 0.15) is 6.10 Å². The monoisotopic (exact) mass is 250 g/mol. The zero-order chi connectivity index (χ0) is 14.2. The zero-order valence-corrected chi connectivity index (χ0v) is 12.4. The van der Waals surface area contributed by atoms with Crippen molar-refractivity contribution in [1.82, 2.24) is 0 Å². The molecule has 0 aromatic heterocycles. The minimum absolute atomic E-state index is 0.483. The normalized spacial score (nSPS) is 12.6. The Kier molecular flexibility index (Phi) is 17.3. The zero-order valence-electron chi connectivity index (χ0n) is 12.4. The van der Waals surface area contributed by atoms with Crippen molar-refractivity contribution in [2.75, 3.05) is 0 Å². The maximum Gasteiger partial charge on any atom is 0.114 e. The number of hydrogen-bond donors (Lipinski definition) is 1. The molecule has 0 aliphatic rings. The third-order valence-electron chi connectivity index (χ3n) is 2.80. The number of aliphatic hydroxyl groups excluding tert-OH is 1. The van der Waals surface area contributed by atoms with Gasteiger partial charge in [0, 0.05) is 5.92 Å². The van der Waals surface area contributed by atoms with E-state index in [-0.39, 0.29) is 0 Å². The van der Waals surface area contributed by atoms with Gasteiger partial charge < -0.3 is 5.11 Å². The van der Waals surface area contributed by atoms with E-state index in [9.17, 15) is 0 Å². The summed E-state index contributed by atoms with van der Waals surface area (Å²) >= 11 is 0. The van der Waals surface area contributed by atoms with Crippen LogP contribution in [0, 0.1) is 30.6 Å². The fraction of sp³-hybridized carbons (Fsp3) is 0.765. The van der Waals surface area contributed by atoms with Crippen molar-refractivity contribution < 1.29 is 5.11 Å². The van der Waals surface area contributed by atoms with E-state index in [1.165, 1.54) is 38.5 Å². The Bertz CT molecular complexity index is 205. The third kappa shape index (κ3) is 17.5. The minimum Gasteiger partial charge on any atom is -0.380 e. The molecule has 1 nitrogen and oxygen atoms in total. The van der Waals surface area contributed by atoms with Crippen LogP contribution in [0.3, 0.4) is 0 Å². The summed E-state index contributed by atoms with van der Waals surface area (Å²) in [6, 6.07) is 0. The van der Waals surface area contributed by atoms with Gasteiger partial charge in [-0.2, -0.15) is 0 Å². The van der Waals surface area contributed by atoms with Crippen LogP contribution in [-0.2, 0) is 0 Å². The molecule has 1 N–H and O–H groups in total. The average Bonchev–Trinajstić information content (AvgIpc) is 2.39. The van der Waals surface area contributed by atoms with E-state index in [1.807, 2.05) is 0 Å². The molecule has 2 atom stereocenters. The quantitative estimate of drug-likeness (QED) is 0.500. The van der Waals surface area contributed by atoms with Gasteiger partial charge in [0.15, 0.2) is 0 Å². The van der Waals surface area contributed by atoms with Crippen molar-refractivity contribution in [2.45, 2.75) is 78.2 Å². The second-order valence-corrected chi connectivity index (χ2v) is 4.74. The van der Waals surface area contributed by atoms with E-state index in [0.29, 0.717) is 5.92 Å². The van der Waals surface area contributed by atoms with Gasteiger partial charge in [-0.3, -0.25) is 0 Å². The summed E-state index contributed by atoms with van der Waals surface area (Å²) in [5, 5.41) is 8.85. The number of hydrogen-bond acceptors (Lipinski definition) is 1. The molecule has 1 heteroatoms. The van der Waals surface area contributed by atoms with Crippen LogP contribution in [0.2, 0.25) is 0 Å². The van der Waals surface area contributed by atoms with Gasteiger partial charge in [-0.1, -0.05) is 58.8 Å². The predicted molar refractivity (Wildman–Crippen MR) is 81.1 cm³/mol. The minimum atomic E-state index is -0.517. The largest absolute Gasteiger partial charge is 0.380 e. The lowest BCUT2D eigenvalue weighted by atomic mass is 10.0. The molecule has 0 aliphatic carbocycles. The molecule has 0 spiro atoms. The summed E-state index contributed by atoms with van der Waals surface area (Å²) in [6.45, 7) is 6.44. The molecule has 0 aliphatic heterocycles. The van der Waals surface area contributed by atoms with Crippen molar-refractivity contribution in [3.63, 3.8) is 0 Å². The lowest BCUT2D eigenvalue weighted by Gasteiger charge is -2.00. The third-order valence-corrected chi connectivity index (χ3v) is 2.80. The van der Waals surface area contributed by atoms with Gasteiger partial charge in [-0.05, 0) is 19.3 Å². The topological polar surface area (TPSA) is 20.2 Å². The summed E-state index contributed by atoms with van der Waals surface area (Å²) in [6.07, 6.45) is 18.9. The first-order chi connectivity index (χ1) is 8.62. The molecule has 0 fully saturated rings. The van der Waals surface area contributed by atoms with Gasteiger partial charge in [0.25, 0.3) is 0 Å². The highest BCUT2D eigenvalue weighted by molar-refractivity contribution is 4.92. The number of unbranched alkanes of at least 4 members (excludes halogenated alkanes) is 4. The second-order valence-electron chi connectivity index (χ2n) is 4.74. The second kappa shape index (κ2) is 16.1. The first-order valence-electron chi connectivity index (χ1n) is 7.22. The van der Waals surface area contributed by atoms with Crippen LogP contribution in [0.1, 0.15) is 72.1 Å². The van der Waals surface area contributed by atoms with E-state index in [2.05, 4.69) is 32.6 Å². The molecule has 0 aromatic carbocycles. The standard InChI is InChI=1S/C9H16.C8H14O/c1-4-6-7-8-9(3)5-2;1-3-5-6-7-8(9)4-2/h2,9H,4,6-8H2,1,3H3;2,8-9H,3,5-7H2,1H3/t9-;8-/m11/s1. The van der Waals surface area contributed by atoms with Crippen LogP contribution < -0.4 is 0 Å². The molecular formula is C17H30O. The highest BCUT2D eigenvalue weighted by atomic mass is 16.3. The van der Waals surface area contributed by atoms with E-state index >= 15 is 0 Å². The number of terminal acetylenes is 2. The lowest BCUT2D eigenvalue weighted by Crippen LogP contribution is -2.00. The van der Waals surface area contributed by atoms with E-state index < -0.39 is 6.10 Å². The van der Waals surface area contributed by atoms with Crippen molar-refractivity contribution in [1.29, 1.82) is 0 Å². The van der Waals surface area contributed by atoms with E-state index in [0.717, 1.165) is 12.8 Å². The van der Waals surface area contributed by atoms with Crippen LogP contribution in [0.25, 0.3) is 0 Å². The Morgan fingerprint density at radius 1 is 0.889 bits per heavy atom. The van der Waals surface area contributed by atoms with Crippen molar-refractivity contribution in [3.05, 3.63) is 0 Å². The number of rotatable bonds is 8. The fourth-order valence-electron chi connectivity index (χ4n) is 1.45. The summed E-state index contributed by atoms with van der Waals surface area (Å²) in [7, 11) is 0. The Morgan fingerprint density at radius 3 is 1.78 bits per heavy atom. The van der Waals surface area contributed by atoms with Crippen LogP contribution in [0.5, 0.6) is 0 Å². The molecule has 0 saturated heterocycles. The molecule has 0 aromatic rings. The average molecular weight is 250 g/mol. The van der Waals surface area contributed by atoms with Gasteiger partial charge in [-0.25, -0.2) is 0 Å². The molecule has 0 saturated carbocycles. The summed E-state index contributed by atoms with van der Waals surface area (Å²) < 4.78 is 0. The molecule has 0 rings (SSSR count). The first-order valence-corrected chi connectivity index (χ1v) is 7.22. The van der Waals surface area contributed by atoms with Gasteiger partial charge in [-0.15, -0.1) is 18.8 Å². The summed E-state index contributed by atoms with van der Waals surface area (Å²) in [5.74, 6) is 5.49. The Hall–Kier alpha value is -0.920. The Labute approximate surface area is 114 Å². The van der Waals surface area contributed by atoms with Crippen molar-refractivity contribution in [2.24, 2.45) is 5.92 Å². The molecule has 0 amide bonds. The maximum atomic E-state index is 8.85. The molecule has 18 heavy (non-hydrogen) atoms. The maximum absolute atomic E-state index is 8.85. The Morgan fingerprint density at radius 2 is 1.39 bits per heavy atom. The smallest absolute Gasteiger partial charge is 0.114 e. The lowest BCUT2D eigenvalue weighted by molar-refractivity contribution is 0.217. The summed E-state index contributed by atoms with van der Waals surface area (Å²) in [5.41, 5.74) is 0. The molecule has 0 unspecified atom stereocenters. The highest BCUT2D eigenvalue weighted by Crippen LogP contribution is 2.07. The Balaban J connectivity index is 0. The fourth-order valence-corrected chi connectivity index (χ4v) is 1.45. The van der Waals surface area contributed by atoms with E-state index in [4.69, 9.17) is 18.0 Å². The first kappa shape index (κ1) is 19.4.